The number of methoxy groups -OCH3 is 1. The average Bonchev–Trinajstić information content (AvgIpc) is 2.36. The second kappa shape index (κ2) is 7.12. The number of halogens is 1. The van der Waals surface area contributed by atoms with Crippen LogP contribution < -0.4 is 4.74 Å². The van der Waals surface area contributed by atoms with Gasteiger partial charge in [0.05, 0.1) is 7.11 Å². The van der Waals surface area contributed by atoms with Gasteiger partial charge in [-0.1, -0.05) is 28.1 Å². The van der Waals surface area contributed by atoms with Crippen molar-refractivity contribution in [2.75, 3.05) is 19.0 Å². The highest BCUT2D eigenvalue weighted by Crippen LogP contribution is 2.15. The van der Waals surface area contributed by atoms with E-state index in [2.05, 4.69) is 15.9 Å². The first kappa shape index (κ1) is 13.8. The van der Waals surface area contributed by atoms with Crippen LogP contribution in [0, 0.1) is 0 Å². The van der Waals surface area contributed by atoms with Crippen molar-refractivity contribution in [3.8, 4) is 5.75 Å². The maximum atomic E-state index is 11.5. The molecule has 0 saturated heterocycles. The fourth-order valence-electron chi connectivity index (χ4n) is 1.29. The molecule has 0 unspecified atom stereocenters. The van der Waals surface area contributed by atoms with Crippen molar-refractivity contribution < 1.29 is 14.3 Å². The van der Waals surface area contributed by atoms with Crippen LogP contribution in [0.2, 0.25) is 0 Å². The molecule has 0 aliphatic heterocycles. The molecule has 0 fully saturated rings. The zero-order chi connectivity index (χ0) is 12.7. The summed E-state index contributed by atoms with van der Waals surface area (Å²) in [4.78, 5) is 11.5. The van der Waals surface area contributed by atoms with E-state index < -0.39 is 0 Å². The number of alkyl halides is 1. The Labute approximate surface area is 110 Å². The van der Waals surface area contributed by atoms with E-state index in [0.717, 1.165) is 11.3 Å². The van der Waals surface area contributed by atoms with Crippen LogP contribution in [0.4, 0.5) is 0 Å². The maximum absolute atomic E-state index is 11.5. The summed E-state index contributed by atoms with van der Waals surface area (Å²) < 4.78 is 10.1. The molecule has 3 nitrogen and oxygen atoms in total. The van der Waals surface area contributed by atoms with Gasteiger partial charge in [-0.25, -0.2) is 4.79 Å². The number of carbonyl (C=O) groups excluding carboxylic acids is 1. The van der Waals surface area contributed by atoms with Gasteiger partial charge in [0, 0.05) is 10.9 Å². The van der Waals surface area contributed by atoms with E-state index in [-0.39, 0.29) is 5.97 Å². The first-order valence-electron chi connectivity index (χ1n) is 5.23. The van der Waals surface area contributed by atoms with E-state index in [9.17, 15) is 4.79 Å². The van der Waals surface area contributed by atoms with Crippen LogP contribution in [0.5, 0.6) is 5.75 Å². The maximum Gasteiger partial charge on any atom is 0.333 e. The molecule has 0 aromatic heterocycles. The van der Waals surface area contributed by atoms with Crippen LogP contribution in [0.25, 0.3) is 6.08 Å². The lowest BCUT2D eigenvalue weighted by atomic mass is 10.1. The quantitative estimate of drug-likeness (QED) is 0.476. The van der Waals surface area contributed by atoms with Gasteiger partial charge in [0.25, 0.3) is 0 Å². The van der Waals surface area contributed by atoms with Gasteiger partial charge in [-0.05, 0) is 30.7 Å². The normalized spacial score (nSPS) is 11.1. The first-order valence-corrected chi connectivity index (χ1v) is 6.35. The second-order valence-electron chi connectivity index (χ2n) is 3.43. The minimum absolute atomic E-state index is 0.299. The molecule has 0 spiro atoms. The van der Waals surface area contributed by atoms with E-state index in [4.69, 9.17) is 9.47 Å². The Bertz CT molecular complexity index is 413. The molecule has 0 amide bonds. The minimum atomic E-state index is -0.299. The Morgan fingerprint density at radius 2 is 2.24 bits per heavy atom. The number of ether oxygens (including phenoxy) is 2. The summed E-state index contributed by atoms with van der Waals surface area (Å²) in [5.74, 6) is 0.465. The van der Waals surface area contributed by atoms with Crippen molar-refractivity contribution in [2.24, 2.45) is 0 Å². The van der Waals surface area contributed by atoms with Crippen molar-refractivity contribution in [1.29, 1.82) is 0 Å². The summed E-state index contributed by atoms with van der Waals surface area (Å²) in [6.07, 6.45) is 1.78. The molecule has 4 heteroatoms. The van der Waals surface area contributed by atoms with Crippen LogP contribution in [0.1, 0.15) is 12.5 Å². The van der Waals surface area contributed by atoms with Crippen molar-refractivity contribution in [1.82, 2.24) is 0 Å². The summed E-state index contributed by atoms with van der Waals surface area (Å²) in [6, 6.07) is 7.50. The number of hydrogen-bond donors (Lipinski definition) is 0. The molecule has 0 radical (unpaired) electrons. The molecule has 0 saturated carbocycles. The third-order valence-electron chi connectivity index (χ3n) is 2.11. The Morgan fingerprint density at radius 1 is 1.47 bits per heavy atom. The SMILES string of the molecule is COc1cccc(/C=C(/C)C(=O)OCCBr)c1. The lowest BCUT2D eigenvalue weighted by Crippen LogP contribution is -2.07. The smallest absolute Gasteiger partial charge is 0.333 e. The molecule has 0 N–H and O–H groups in total. The van der Waals surface area contributed by atoms with Gasteiger partial charge in [0.2, 0.25) is 0 Å². The molecule has 0 heterocycles. The highest BCUT2D eigenvalue weighted by molar-refractivity contribution is 9.09. The number of benzene rings is 1. The van der Waals surface area contributed by atoms with E-state index >= 15 is 0 Å². The van der Waals surface area contributed by atoms with Gasteiger partial charge in [-0.3, -0.25) is 0 Å². The number of esters is 1. The van der Waals surface area contributed by atoms with Crippen LogP contribution >= 0.6 is 15.9 Å². The molecule has 0 atom stereocenters. The number of carbonyl (C=O) groups is 1. The van der Waals surface area contributed by atoms with E-state index in [1.807, 2.05) is 24.3 Å². The standard InChI is InChI=1S/C13H15BrO3/c1-10(13(15)17-7-6-14)8-11-4-3-5-12(9-11)16-2/h3-5,8-9H,6-7H2,1-2H3/b10-8-. The Hall–Kier alpha value is -1.29. The van der Waals surface area contributed by atoms with Crippen molar-refractivity contribution in [2.45, 2.75) is 6.92 Å². The van der Waals surface area contributed by atoms with Gasteiger partial charge in [0.1, 0.15) is 12.4 Å². The lowest BCUT2D eigenvalue weighted by molar-refractivity contribution is -0.138. The highest BCUT2D eigenvalue weighted by Gasteiger charge is 2.05. The van der Waals surface area contributed by atoms with Gasteiger partial charge in [-0.15, -0.1) is 0 Å². The fourth-order valence-corrected chi connectivity index (χ4v) is 1.45. The van der Waals surface area contributed by atoms with Crippen LogP contribution in [0.3, 0.4) is 0 Å². The third kappa shape index (κ3) is 4.61. The summed E-state index contributed by atoms with van der Waals surface area (Å²) in [6.45, 7) is 2.11. The zero-order valence-corrected chi connectivity index (χ0v) is 11.5. The molecule has 92 valence electrons. The van der Waals surface area contributed by atoms with Crippen LogP contribution in [0.15, 0.2) is 29.8 Å². The topological polar surface area (TPSA) is 35.5 Å². The highest BCUT2D eigenvalue weighted by atomic mass is 79.9. The van der Waals surface area contributed by atoms with E-state index in [0.29, 0.717) is 17.5 Å². The minimum Gasteiger partial charge on any atom is -0.497 e. The third-order valence-corrected chi connectivity index (χ3v) is 2.43. The summed E-state index contributed by atoms with van der Waals surface area (Å²) >= 11 is 3.20. The van der Waals surface area contributed by atoms with Crippen LogP contribution in [-0.4, -0.2) is 25.0 Å². The molecule has 1 aromatic carbocycles. The van der Waals surface area contributed by atoms with Crippen molar-refractivity contribution >= 4 is 28.0 Å². The molecule has 0 bridgehead atoms. The van der Waals surface area contributed by atoms with Gasteiger partial charge >= 0.3 is 5.97 Å². The number of rotatable bonds is 5. The fraction of sp³-hybridized carbons (Fsp3) is 0.308. The van der Waals surface area contributed by atoms with Gasteiger partial charge in [-0.2, -0.15) is 0 Å². The average molecular weight is 299 g/mol. The summed E-state index contributed by atoms with van der Waals surface area (Å²) in [5.41, 5.74) is 1.48. The molecular weight excluding hydrogens is 284 g/mol. The predicted molar refractivity (Wildman–Crippen MR) is 71.4 cm³/mol. The lowest BCUT2D eigenvalue weighted by Gasteiger charge is -2.04. The monoisotopic (exact) mass is 298 g/mol. The molecule has 0 aliphatic carbocycles. The molecule has 0 aliphatic rings. The summed E-state index contributed by atoms with van der Waals surface area (Å²) in [7, 11) is 1.61. The van der Waals surface area contributed by atoms with Crippen LogP contribution in [-0.2, 0) is 9.53 Å². The molecular formula is C13H15BrO3. The predicted octanol–water partition coefficient (Wildman–Crippen LogP) is 3.04. The molecule has 17 heavy (non-hydrogen) atoms. The Morgan fingerprint density at radius 3 is 2.88 bits per heavy atom. The van der Waals surface area contributed by atoms with E-state index in [1.54, 1.807) is 20.1 Å². The number of hydrogen-bond acceptors (Lipinski definition) is 3. The van der Waals surface area contributed by atoms with Gasteiger partial charge < -0.3 is 9.47 Å². The second-order valence-corrected chi connectivity index (χ2v) is 4.22. The zero-order valence-electron chi connectivity index (χ0n) is 9.90. The Balaban J connectivity index is 2.75. The van der Waals surface area contributed by atoms with Crippen molar-refractivity contribution in [3.63, 3.8) is 0 Å². The van der Waals surface area contributed by atoms with E-state index in [1.165, 1.54) is 0 Å². The van der Waals surface area contributed by atoms with Crippen molar-refractivity contribution in [3.05, 3.63) is 35.4 Å². The molecule has 1 aromatic rings. The molecule has 1 rings (SSSR count). The first-order chi connectivity index (χ1) is 8.17. The summed E-state index contributed by atoms with van der Waals surface area (Å²) in [5, 5.41) is 0.644. The largest absolute Gasteiger partial charge is 0.497 e. The van der Waals surface area contributed by atoms with Gasteiger partial charge in [0.15, 0.2) is 0 Å². The Kier molecular flexibility index (Phi) is 5.77.